The maximum Gasteiger partial charge on any atom is 0.341 e. The molecule has 106 valence electrons. The molecule has 7 heteroatoms. The van der Waals surface area contributed by atoms with E-state index in [2.05, 4.69) is 20.9 Å². The van der Waals surface area contributed by atoms with Crippen LogP contribution in [-0.2, 0) is 14.2 Å². The zero-order valence-electron chi connectivity index (χ0n) is 10.5. The van der Waals surface area contributed by atoms with Crippen LogP contribution in [0, 0.1) is 0 Å². The monoisotopic (exact) mass is 351 g/mol. The quantitative estimate of drug-likeness (QED) is 0.409. The van der Waals surface area contributed by atoms with E-state index in [1.54, 1.807) is 13.2 Å². The minimum absolute atomic E-state index is 0.120. The van der Waals surface area contributed by atoms with Gasteiger partial charge in [0.25, 0.3) is 0 Å². The van der Waals surface area contributed by atoms with Gasteiger partial charge in [-0.3, -0.25) is 0 Å². The van der Waals surface area contributed by atoms with Gasteiger partial charge in [-0.25, -0.2) is 9.78 Å². The zero-order chi connectivity index (χ0) is 14.1. The second kappa shape index (κ2) is 9.25. The lowest BCUT2D eigenvalue weighted by Gasteiger charge is -2.07. The summed E-state index contributed by atoms with van der Waals surface area (Å²) in [5.74, 6) is -0.515. The first-order valence-corrected chi connectivity index (χ1v) is 6.87. The largest absolute Gasteiger partial charge is 0.460 e. The average molecular weight is 353 g/mol. The maximum atomic E-state index is 11.7. The van der Waals surface area contributed by atoms with Crippen molar-refractivity contribution in [3.8, 4) is 0 Å². The third-order valence-electron chi connectivity index (χ3n) is 2.12. The molecule has 0 aliphatic rings. The molecular weight excluding hydrogens is 337 g/mol. The molecule has 0 bridgehead atoms. The van der Waals surface area contributed by atoms with E-state index in [0.29, 0.717) is 24.3 Å². The van der Waals surface area contributed by atoms with E-state index >= 15 is 0 Å². The average Bonchev–Trinajstić information content (AvgIpc) is 2.40. The Balaban J connectivity index is 2.26. The number of hydrogen-bond donors (Lipinski definition) is 0. The lowest BCUT2D eigenvalue weighted by molar-refractivity contribution is 0.0288. The number of aromatic nitrogens is 1. The first kappa shape index (κ1) is 16.4. The first-order valence-electron chi connectivity index (χ1n) is 5.70. The predicted molar refractivity (Wildman–Crippen MR) is 74.5 cm³/mol. The van der Waals surface area contributed by atoms with Crippen LogP contribution in [0.3, 0.4) is 0 Å². The molecule has 0 amide bonds. The van der Waals surface area contributed by atoms with Crippen molar-refractivity contribution in [1.29, 1.82) is 0 Å². The van der Waals surface area contributed by atoms with Gasteiger partial charge >= 0.3 is 5.97 Å². The summed E-state index contributed by atoms with van der Waals surface area (Å²) in [6.45, 7) is 1.74. The van der Waals surface area contributed by atoms with Crippen LogP contribution in [0.25, 0.3) is 0 Å². The van der Waals surface area contributed by atoms with Crippen molar-refractivity contribution in [3.63, 3.8) is 0 Å². The number of rotatable bonds is 8. The smallest absolute Gasteiger partial charge is 0.341 e. The summed E-state index contributed by atoms with van der Waals surface area (Å²) in [6, 6.07) is 1.57. The van der Waals surface area contributed by atoms with Crippen LogP contribution in [0.5, 0.6) is 0 Å². The summed E-state index contributed by atoms with van der Waals surface area (Å²) < 4.78 is 15.8. The van der Waals surface area contributed by atoms with Gasteiger partial charge in [0.05, 0.1) is 12.2 Å². The van der Waals surface area contributed by atoms with Gasteiger partial charge in [0, 0.05) is 31.0 Å². The summed E-state index contributed by atoms with van der Waals surface area (Å²) in [5.41, 5.74) is 0.232. The molecule has 0 aliphatic heterocycles. The van der Waals surface area contributed by atoms with Crippen LogP contribution in [0.4, 0.5) is 0 Å². The number of pyridine rings is 1. The van der Waals surface area contributed by atoms with Gasteiger partial charge in [-0.1, -0.05) is 11.6 Å². The van der Waals surface area contributed by atoms with Crippen molar-refractivity contribution in [2.45, 2.75) is 6.42 Å². The Kier molecular flexibility index (Phi) is 7.97. The molecule has 0 aliphatic carbocycles. The van der Waals surface area contributed by atoms with Crippen LogP contribution in [0.2, 0.25) is 5.15 Å². The number of methoxy groups -OCH3 is 1. The fraction of sp³-hybridized carbons (Fsp3) is 0.500. The van der Waals surface area contributed by atoms with E-state index in [9.17, 15) is 4.79 Å². The highest BCUT2D eigenvalue weighted by atomic mass is 79.9. The van der Waals surface area contributed by atoms with Gasteiger partial charge in [-0.2, -0.15) is 0 Å². The molecule has 0 radical (unpaired) electrons. The Hall–Kier alpha value is -0.690. The van der Waals surface area contributed by atoms with Crippen molar-refractivity contribution in [2.75, 3.05) is 33.5 Å². The molecule has 1 aromatic heterocycles. The van der Waals surface area contributed by atoms with Gasteiger partial charge in [0.15, 0.2) is 0 Å². The summed E-state index contributed by atoms with van der Waals surface area (Å²) in [5, 5.41) is 0.120. The maximum absolute atomic E-state index is 11.7. The second-order valence-corrected chi connectivity index (χ2v) is 4.86. The molecule has 1 aromatic rings. The zero-order valence-corrected chi connectivity index (χ0v) is 12.9. The van der Waals surface area contributed by atoms with Gasteiger partial charge in [0.2, 0.25) is 0 Å². The Bertz CT molecular complexity index is 417. The summed E-state index contributed by atoms with van der Waals surface area (Å²) in [7, 11) is 1.64. The van der Waals surface area contributed by atoms with Crippen molar-refractivity contribution in [3.05, 3.63) is 27.5 Å². The number of ether oxygens (including phenoxy) is 3. The van der Waals surface area contributed by atoms with Crippen LogP contribution >= 0.6 is 27.5 Å². The van der Waals surface area contributed by atoms with Crippen molar-refractivity contribution in [1.82, 2.24) is 4.98 Å². The highest BCUT2D eigenvalue weighted by Gasteiger charge is 2.13. The standard InChI is InChI=1S/C12H15BrClNO4/c1-17-3-2-4-18-5-6-19-12(16)10-7-9(13)8-15-11(10)14/h7-8H,2-6H2,1H3. The van der Waals surface area contributed by atoms with Crippen LogP contribution in [0.15, 0.2) is 16.7 Å². The molecule has 0 unspecified atom stereocenters. The lowest BCUT2D eigenvalue weighted by Crippen LogP contribution is -2.12. The van der Waals surface area contributed by atoms with Gasteiger partial charge < -0.3 is 14.2 Å². The van der Waals surface area contributed by atoms with Crippen molar-refractivity contribution in [2.24, 2.45) is 0 Å². The first-order chi connectivity index (χ1) is 9.15. The fourth-order valence-electron chi connectivity index (χ4n) is 1.24. The Labute approximate surface area is 125 Å². The third kappa shape index (κ3) is 6.33. The van der Waals surface area contributed by atoms with Gasteiger partial charge in [0.1, 0.15) is 11.8 Å². The molecular formula is C12H15BrClNO4. The molecule has 0 fully saturated rings. The molecule has 0 atom stereocenters. The number of carbonyl (C=O) groups excluding carboxylic acids is 1. The minimum Gasteiger partial charge on any atom is -0.460 e. The van der Waals surface area contributed by atoms with E-state index in [1.165, 1.54) is 6.20 Å². The second-order valence-electron chi connectivity index (χ2n) is 3.59. The van der Waals surface area contributed by atoms with E-state index in [0.717, 1.165) is 6.42 Å². The minimum atomic E-state index is -0.515. The number of carbonyl (C=O) groups is 1. The van der Waals surface area contributed by atoms with Gasteiger partial charge in [-0.05, 0) is 28.4 Å². The summed E-state index contributed by atoms with van der Waals surface area (Å²) >= 11 is 9.03. The highest BCUT2D eigenvalue weighted by molar-refractivity contribution is 9.10. The highest BCUT2D eigenvalue weighted by Crippen LogP contribution is 2.18. The van der Waals surface area contributed by atoms with E-state index in [-0.39, 0.29) is 17.3 Å². The summed E-state index contributed by atoms with van der Waals surface area (Å²) in [6.07, 6.45) is 2.32. The van der Waals surface area contributed by atoms with Crippen LogP contribution < -0.4 is 0 Å². The van der Waals surface area contributed by atoms with Crippen LogP contribution in [-0.4, -0.2) is 44.5 Å². The number of esters is 1. The number of nitrogens with zero attached hydrogens (tertiary/aromatic N) is 1. The summed E-state index contributed by atoms with van der Waals surface area (Å²) in [4.78, 5) is 15.6. The number of hydrogen-bond acceptors (Lipinski definition) is 5. The molecule has 0 spiro atoms. The van der Waals surface area contributed by atoms with Crippen molar-refractivity contribution < 1.29 is 19.0 Å². The Morgan fingerprint density at radius 2 is 2.16 bits per heavy atom. The fourth-order valence-corrected chi connectivity index (χ4v) is 1.76. The molecule has 0 saturated carbocycles. The Morgan fingerprint density at radius 3 is 2.89 bits per heavy atom. The third-order valence-corrected chi connectivity index (χ3v) is 2.86. The normalized spacial score (nSPS) is 10.5. The molecule has 0 N–H and O–H groups in total. The van der Waals surface area contributed by atoms with E-state index < -0.39 is 5.97 Å². The van der Waals surface area contributed by atoms with Crippen LogP contribution in [0.1, 0.15) is 16.8 Å². The molecule has 5 nitrogen and oxygen atoms in total. The Morgan fingerprint density at radius 1 is 1.37 bits per heavy atom. The molecule has 1 heterocycles. The molecule has 19 heavy (non-hydrogen) atoms. The van der Waals surface area contributed by atoms with Crippen molar-refractivity contribution >= 4 is 33.5 Å². The van der Waals surface area contributed by atoms with E-state index in [4.69, 9.17) is 25.8 Å². The lowest BCUT2D eigenvalue weighted by atomic mass is 10.3. The topological polar surface area (TPSA) is 57.7 Å². The molecule has 1 rings (SSSR count). The number of halogens is 2. The SMILES string of the molecule is COCCCOCCOC(=O)c1cc(Br)cnc1Cl. The predicted octanol–water partition coefficient (Wildman–Crippen LogP) is 2.71. The molecule has 0 aromatic carbocycles. The van der Waals surface area contributed by atoms with E-state index in [1.807, 2.05) is 0 Å². The van der Waals surface area contributed by atoms with Gasteiger partial charge in [-0.15, -0.1) is 0 Å². The molecule has 0 saturated heterocycles.